The summed E-state index contributed by atoms with van der Waals surface area (Å²) in [6, 6.07) is 5.36. The number of nitrogen functional groups attached to an aromatic ring is 1. The van der Waals surface area contributed by atoms with Crippen molar-refractivity contribution >= 4 is 39.1 Å². The van der Waals surface area contributed by atoms with Crippen molar-refractivity contribution in [3.05, 3.63) is 27.1 Å². The molecule has 0 amide bonds. The minimum atomic E-state index is 0.289. The van der Waals surface area contributed by atoms with Crippen molar-refractivity contribution in [3.63, 3.8) is 0 Å². The van der Waals surface area contributed by atoms with E-state index in [1.807, 2.05) is 17.5 Å². The lowest BCUT2D eigenvalue weighted by atomic mass is 10.2. The molecule has 0 unspecified atom stereocenters. The highest BCUT2D eigenvalue weighted by Gasteiger charge is 2.04. The van der Waals surface area contributed by atoms with E-state index in [9.17, 15) is 5.11 Å². The quantitative estimate of drug-likeness (QED) is 0.795. The zero-order chi connectivity index (χ0) is 10.1. The number of halogens is 1. The number of aromatic nitrogens is 1. The van der Waals surface area contributed by atoms with Gasteiger partial charge in [0.1, 0.15) is 5.75 Å². The summed E-state index contributed by atoms with van der Waals surface area (Å²) in [6.45, 7) is 0. The first-order valence-electron chi connectivity index (χ1n) is 3.87. The fraction of sp³-hybridized carbons (Fsp3) is 0. The molecule has 0 radical (unpaired) electrons. The van der Waals surface area contributed by atoms with E-state index in [2.05, 4.69) is 27.6 Å². The van der Waals surface area contributed by atoms with Gasteiger partial charge in [-0.05, 0) is 40.8 Å². The highest BCUT2D eigenvalue weighted by Crippen LogP contribution is 2.28. The summed E-state index contributed by atoms with van der Waals surface area (Å²) in [7, 11) is 0. The van der Waals surface area contributed by atoms with Crippen LogP contribution in [-0.4, -0.2) is 10.1 Å². The van der Waals surface area contributed by atoms with Crippen LogP contribution < -0.4 is 5.73 Å². The third kappa shape index (κ3) is 1.83. The number of nitrogens with zero attached hydrogens (tertiary/aromatic N) is 1. The fourth-order valence-electron chi connectivity index (χ4n) is 1.09. The number of aromatic hydroxyl groups is 1. The molecule has 0 aliphatic heterocycles. The van der Waals surface area contributed by atoms with Crippen LogP contribution in [0.15, 0.2) is 23.6 Å². The van der Waals surface area contributed by atoms with Crippen LogP contribution in [0.3, 0.4) is 0 Å². The molecule has 0 saturated heterocycles. The highest BCUT2D eigenvalue weighted by atomic mass is 127. The average Bonchev–Trinajstić information content (AvgIpc) is 2.57. The Bertz CT molecular complexity index is 470. The molecule has 3 nitrogen and oxygen atoms in total. The number of phenolic OH excluding ortho intramolecular Hbond substituents is 1. The molecule has 5 heteroatoms. The Morgan fingerprint density at radius 2 is 2.21 bits per heavy atom. The summed E-state index contributed by atoms with van der Waals surface area (Å²) >= 11 is 3.49. The molecular weight excluding hydrogens is 311 g/mol. The van der Waals surface area contributed by atoms with Crippen molar-refractivity contribution in [2.24, 2.45) is 0 Å². The van der Waals surface area contributed by atoms with Gasteiger partial charge in [-0.25, -0.2) is 4.98 Å². The lowest BCUT2D eigenvalue weighted by molar-refractivity contribution is 0.471. The molecular formula is C9H7IN2OS. The number of nitrogens with two attached hydrogens (primary N) is 1. The number of benzene rings is 1. The third-order valence-corrected chi connectivity index (χ3v) is 3.30. The second-order valence-electron chi connectivity index (χ2n) is 2.74. The van der Waals surface area contributed by atoms with Gasteiger partial charge in [0.2, 0.25) is 0 Å². The monoisotopic (exact) mass is 318 g/mol. The average molecular weight is 318 g/mol. The maximum atomic E-state index is 9.35. The van der Waals surface area contributed by atoms with E-state index in [0.717, 1.165) is 14.8 Å². The number of hydrogen-bond acceptors (Lipinski definition) is 4. The molecule has 0 aliphatic carbocycles. The molecule has 1 aromatic carbocycles. The van der Waals surface area contributed by atoms with Gasteiger partial charge in [-0.3, -0.25) is 0 Å². The Kier molecular flexibility index (Phi) is 2.60. The van der Waals surface area contributed by atoms with Crippen LogP contribution >= 0.6 is 33.9 Å². The van der Waals surface area contributed by atoms with Crippen LogP contribution in [0.4, 0.5) is 5.13 Å². The molecule has 0 fully saturated rings. The SMILES string of the molecule is Nc1nc(-c2ccc(O)c(I)c2)cs1. The normalized spacial score (nSPS) is 10.4. The van der Waals surface area contributed by atoms with E-state index in [4.69, 9.17) is 5.73 Å². The standard InChI is InChI=1S/C9H7IN2OS/c10-6-3-5(1-2-8(6)13)7-4-14-9(11)12-7/h1-4,13H,(H2,11,12). The second kappa shape index (κ2) is 3.74. The van der Waals surface area contributed by atoms with E-state index in [1.165, 1.54) is 11.3 Å². The number of thiazole rings is 1. The van der Waals surface area contributed by atoms with Crippen LogP contribution in [0, 0.1) is 3.57 Å². The van der Waals surface area contributed by atoms with Crippen LogP contribution in [0.1, 0.15) is 0 Å². The maximum Gasteiger partial charge on any atom is 0.180 e. The van der Waals surface area contributed by atoms with E-state index in [-0.39, 0.29) is 5.75 Å². The molecule has 1 heterocycles. The molecule has 14 heavy (non-hydrogen) atoms. The first kappa shape index (κ1) is 9.72. The summed E-state index contributed by atoms with van der Waals surface area (Å²) in [5, 5.41) is 11.8. The van der Waals surface area contributed by atoms with E-state index < -0.39 is 0 Å². The number of phenols is 1. The van der Waals surface area contributed by atoms with Gasteiger partial charge >= 0.3 is 0 Å². The zero-order valence-electron chi connectivity index (χ0n) is 7.07. The third-order valence-electron chi connectivity index (χ3n) is 1.77. The zero-order valence-corrected chi connectivity index (χ0v) is 10.0. The van der Waals surface area contributed by atoms with Gasteiger partial charge in [-0.15, -0.1) is 11.3 Å². The second-order valence-corrected chi connectivity index (χ2v) is 4.79. The summed E-state index contributed by atoms with van der Waals surface area (Å²) in [5.41, 5.74) is 7.36. The van der Waals surface area contributed by atoms with Crippen molar-refractivity contribution < 1.29 is 5.11 Å². The smallest absolute Gasteiger partial charge is 0.180 e. The van der Waals surface area contributed by atoms with Crippen LogP contribution in [-0.2, 0) is 0 Å². The molecule has 2 aromatic rings. The highest BCUT2D eigenvalue weighted by molar-refractivity contribution is 14.1. The van der Waals surface area contributed by atoms with Gasteiger partial charge in [0.25, 0.3) is 0 Å². The number of hydrogen-bond donors (Lipinski definition) is 2. The summed E-state index contributed by atoms with van der Waals surface area (Å²) in [4.78, 5) is 4.16. The van der Waals surface area contributed by atoms with Crippen molar-refractivity contribution in [2.75, 3.05) is 5.73 Å². The largest absolute Gasteiger partial charge is 0.507 e. The minimum Gasteiger partial charge on any atom is -0.507 e. The predicted molar refractivity (Wildman–Crippen MR) is 66.3 cm³/mol. The summed E-state index contributed by atoms with van der Waals surface area (Å²) in [5.74, 6) is 0.289. The minimum absolute atomic E-state index is 0.289. The molecule has 3 N–H and O–H groups in total. The Labute approximate surface area is 98.7 Å². The van der Waals surface area contributed by atoms with Crippen LogP contribution in [0.25, 0.3) is 11.3 Å². The molecule has 1 aromatic heterocycles. The first-order valence-corrected chi connectivity index (χ1v) is 5.82. The fourth-order valence-corrected chi connectivity index (χ4v) is 2.17. The Morgan fingerprint density at radius 1 is 1.43 bits per heavy atom. The number of rotatable bonds is 1. The van der Waals surface area contributed by atoms with Crippen molar-refractivity contribution in [3.8, 4) is 17.0 Å². The molecule has 0 saturated carbocycles. The van der Waals surface area contributed by atoms with Gasteiger partial charge in [0, 0.05) is 10.9 Å². The molecule has 0 spiro atoms. The summed E-state index contributed by atoms with van der Waals surface area (Å²) in [6.07, 6.45) is 0. The van der Waals surface area contributed by atoms with Crippen LogP contribution in [0.2, 0.25) is 0 Å². The van der Waals surface area contributed by atoms with E-state index in [0.29, 0.717) is 5.13 Å². The van der Waals surface area contributed by atoms with Crippen molar-refractivity contribution in [1.82, 2.24) is 4.98 Å². The van der Waals surface area contributed by atoms with Gasteiger partial charge in [0.05, 0.1) is 9.26 Å². The number of anilines is 1. The van der Waals surface area contributed by atoms with E-state index in [1.54, 1.807) is 6.07 Å². The molecule has 2 rings (SSSR count). The molecule has 0 bridgehead atoms. The molecule has 0 aliphatic rings. The van der Waals surface area contributed by atoms with Crippen LogP contribution in [0.5, 0.6) is 5.75 Å². The first-order chi connectivity index (χ1) is 6.66. The Balaban J connectivity index is 2.47. The molecule has 0 atom stereocenters. The molecule has 72 valence electrons. The maximum absolute atomic E-state index is 9.35. The predicted octanol–water partition coefficient (Wildman–Crippen LogP) is 2.70. The summed E-state index contributed by atoms with van der Waals surface area (Å²) < 4.78 is 0.812. The lowest BCUT2D eigenvalue weighted by Crippen LogP contribution is -1.83. The van der Waals surface area contributed by atoms with Crippen molar-refractivity contribution in [2.45, 2.75) is 0 Å². The van der Waals surface area contributed by atoms with Gasteiger partial charge < -0.3 is 10.8 Å². The topological polar surface area (TPSA) is 59.1 Å². The van der Waals surface area contributed by atoms with Gasteiger partial charge in [-0.1, -0.05) is 0 Å². The Morgan fingerprint density at radius 3 is 2.79 bits per heavy atom. The van der Waals surface area contributed by atoms with Crippen molar-refractivity contribution in [1.29, 1.82) is 0 Å². The Hall–Kier alpha value is -0.820. The van der Waals surface area contributed by atoms with E-state index >= 15 is 0 Å². The lowest BCUT2D eigenvalue weighted by Gasteiger charge is -1.99. The van der Waals surface area contributed by atoms with Gasteiger partial charge in [-0.2, -0.15) is 0 Å². The van der Waals surface area contributed by atoms with Gasteiger partial charge in [0.15, 0.2) is 5.13 Å².